The van der Waals surface area contributed by atoms with E-state index in [-0.39, 0.29) is 0 Å². The minimum atomic E-state index is -0.480. The maximum Gasteiger partial charge on any atom is 0.309 e. The van der Waals surface area contributed by atoms with Gasteiger partial charge in [0.2, 0.25) is 0 Å². The van der Waals surface area contributed by atoms with Crippen LogP contribution in [0.2, 0.25) is 0 Å². The lowest BCUT2D eigenvalue weighted by molar-refractivity contribution is -0.150. The van der Waals surface area contributed by atoms with E-state index in [2.05, 4.69) is 27.7 Å². The normalized spacial score (nSPS) is 12.9. The Morgan fingerprint density at radius 1 is 0.333 bits per heavy atom. The first-order valence-corrected chi connectivity index (χ1v) is 25.7. The fourth-order valence-corrected chi connectivity index (χ4v) is 8.97. The Bertz CT molecular complexity index is 715. The van der Waals surface area contributed by atoms with Crippen molar-refractivity contribution < 1.29 is 9.90 Å². The smallest absolute Gasteiger partial charge is 0.309 e. The van der Waals surface area contributed by atoms with Crippen LogP contribution in [0.25, 0.3) is 0 Å². The summed E-state index contributed by atoms with van der Waals surface area (Å²) in [6, 6.07) is 0. The van der Waals surface area contributed by atoms with Crippen molar-refractivity contribution in [2.24, 2.45) is 11.3 Å². The molecule has 0 heterocycles. The molecule has 0 aromatic carbocycles. The molecule has 0 saturated carbocycles. The minimum Gasteiger partial charge on any atom is -0.481 e. The summed E-state index contributed by atoms with van der Waals surface area (Å²) in [6.07, 6.45) is 60.0. The van der Waals surface area contributed by atoms with Crippen LogP contribution in [-0.4, -0.2) is 11.1 Å². The highest BCUT2D eigenvalue weighted by Crippen LogP contribution is 2.38. The predicted molar refractivity (Wildman–Crippen MR) is 244 cm³/mol. The fraction of sp³-hybridized carbons (Fsp3) is 0.981. The molecular weight excluding hydrogens is 657 g/mol. The largest absolute Gasteiger partial charge is 0.481 e. The molecular formula is C52H104O2. The number of carbonyl (C=O) groups is 1. The van der Waals surface area contributed by atoms with Gasteiger partial charge in [-0.05, 0) is 25.2 Å². The maximum atomic E-state index is 12.9. The van der Waals surface area contributed by atoms with Gasteiger partial charge in [-0.3, -0.25) is 4.79 Å². The third kappa shape index (κ3) is 38.3. The van der Waals surface area contributed by atoms with Gasteiger partial charge in [-0.2, -0.15) is 0 Å². The standard InChI is InChI=1S/C52H104O2/c1-5-7-9-11-13-15-17-19-21-22-24-28-32-36-40-44-48-52(51(53)54,47-43-39-35-31-27-23-20-18-16-14-12-10-8-6-2)49-45-41-37-33-29-25-26-30-34-38-42-46-50(3)4/h50H,5-49H2,1-4H3,(H,53,54). The van der Waals surface area contributed by atoms with Gasteiger partial charge < -0.3 is 5.11 Å². The number of carboxylic acids is 1. The molecule has 0 bridgehead atoms. The van der Waals surface area contributed by atoms with Crippen molar-refractivity contribution >= 4 is 5.97 Å². The Morgan fingerprint density at radius 2 is 0.519 bits per heavy atom. The lowest BCUT2D eigenvalue weighted by atomic mass is 9.74. The van der Waals surface area contributed by atoms with E-state index in [1.807, 2.05) is 0 Å². The molecule has 0 fully saturated rings. The van der Waals surface area contributed by atoms with Crippen LogP contribution in [0.5, 0.6) is 0 Å². The zero-order valence-electron chi connectivity index (χ0n) is 38.3. The molecule has 0 aliphatic carbocycles. The number of hydrogen-bond acceptors (Lipinski definition) is 1. The van der Waals surface area contributed by atoms with Crippen molar-refractivity contribution in [3.63, 3.8) is 0 Å². The van der Waals surface area contributed by atoms with Gasteiger partial charge in [-0.25, -0.2) is 0 Å². The Balaban J connectivity index is 4.34. The zero-order valence-corrected chi connectivity index (χ0v) is 38.3. The average molecular weight is 761 g/mol. The number of unbranched alkanes of at least 4 members (excludes halogenated alkanes) is 38. The molecule has 0 amide bonds. The third-order valence-electron chi connectivity index (χ3n) is 12.9. The van der Waals surface area contributed by atoms with E-state index in [0.717, 1.165) is 44.4 Å². The van der Waals surface area contributed by atoms with E-state index in [1.54, 1.807) is 0 Å². The first-order valence-electron chi connectivity index (χ1n) is 25.7. The van der Waals surface area contributed by atoms with Gasteiger partial charge in [0.25, 0.3) is 0 Å². The Labute approximate surface area is 342 Å². The molecule has 324 valence electrons. The molecule has 54 heavy (non-hydrogen) atoms. The zero-order chi connectivity index (χ0) is 39.5. The Kier molecular flexibility index (Phi) is 43.2. The summed E-state index contributed by atoms with van der Waals surface area (Å²) in [4.78, 5) is 12.9. The quantitative estimate of drug-likeness (QED) is 0.0627. The molecule has 2 nitrogen and oxygen atoms in total. The van der Waals surface area contributed by atoms with Crippen molar-refractivity contribution in [1.29, 1.82) is 0 Å². The molecule has 0 aromatic rings. The van der Waals surface area contributed by atoms with Crippen LogP contribution >= 0.6 is 0 Å². The van der Waals surface area contributed by atoms with Crippen molar-refractivity contribution in [3.8, 4) is 0 Å². The molecule has 0 radical (unpaired) electrons. The van der Waals surface area contributed by atoms with Crippen molar-refractivity contribution in [2.45, 2.75) is 317 Å². The lowest BCUT2D eigenvalue weighted by Crippen LogP contribution is -2.31. The molecule has 0 aliphatic heterocycles. The topological polar surface area (TPSA) is 37.3 Å². The first-order chi connectivity index (χ1) is 26.5. The molecule has 2 heteroatoms. The molecule has 1 atom stereocenters. The second kappa shape index (κ2) is 43.6. The summed E-state index contributed by atoms with van der Waals surface area (Å²) >= 11 is 0. The second-order valence-electron chi connectivity index (χ2n) is 18.8. The van der Waals surface area contributed by atoms with Gasteiger partial charge in [0.1, 0.15) is 0 Å². The van der Waals surface area contributed by atoms with E-state index in [0.29, 0.717) is 0 Å². The summed E-state index contributed by atoms with van der Waals surface area (Å²) in [7, 11) is 0. The lowest BCUT2D eigenvalue weighted by Gasteiger charge is -2.30. The SMILES string of the molecule is CCCCCCCCCCCCCCCCCCC(CCCCCCCCCCCCCCCC)(CCCCCCCCCCCCCC(C)C)C(=O)O. The number of rotatable bonds is 47. The fourth-order valence-electron chi connectivity index (χ4n) is 8.97. The molecule has 1 unspecified atom stereocenters. The number of aliphatic carboxylic acids is 1. The minimum absolute atomic E-state index is 0.470. The van der Waals surface area contributed by atoms with Crippen LogP contribution < -0.4 is 0 Å². The van der Waals surface area contributed by atoms with Crippen LogP contribution in [0.4, 0.5) is 0 Å². The second-order valence-corrected chi connectivity index (χ2v) is 18.8. The van der Waals surface area contributed by atoms with E-state index < -0.39 is 11.4 Å². The van der Waals surface area contributed by atoms with E-state index in [4.69, 9.17) is 0 Å². The predicted octanol–water partition coefficient (Wildman–Crippen LogP) is 19.3. The van der Waals surface area contributed by atoms with Crippen LogP contribution in [0.1, 0.15) is 317 Å². The van der Waals surface area contributed by atoms with Gasteiger partial charge in [0.05, 0.1) is 5.41 Å². The average Bonchev–Trinajstić information content (AvgIpc) is 3.16. The van der Waals surface area contributed by atoms with Crippen molar-refractivity contribution in [2.75, 3.05) is 0 Å². The monoisotopic (exact) mass is 761 g/mol. The van der Waals surface area contributed by atoms with Gasteiger partial charge in [0.15, 0.2) is 0 Å². The van der Waals surface area contributed by atoms with Crippen LogP contribution in [0.15, 0.2) is 0 Å². The van der Waals surface area contributed by atoms with Crippen LogP contribution in [-0.2, 0) is 4.79 Å². The molecule has 0 saturated heterocycles. The van der Waals surface area contributed by atoms with Gasteiger partial charge >= 0.3 is 5.97 Å². The highest BCUT2D eigenvalue weighted by atomic mass is 16.4. The molecule has 1 N–H and O–H groups in total. The highest BCUT2D eigenvalue weighted by Gasteiger charge is 2.36. The summed E-state index contributed by atoms with van der Waals surface area (Å²) in [5.74, 6) is 0.375. The van der Waals surface area contributed by atoms with Crippen LogP contribution in [0.3, 0.4) is 0 Å². The molecule has 0 spiro atoms. The Hall–Kier alpha value is -0.530. The third-order valence-corrected chi connectivity index (χ3v) is 12.9. The highest BCUT2D eigenvalue weighted by molar-refractivity contribution is 5.74. The van der Waals surface area contributed by atoms with E-state index in [9.17, 15) is 9.90 Å². The van der Waals surface area contributed by atoms with E-state index in [1.165, 1.54) is 250 Å². The van der Waals surface area contributed by atoms with Crippen molar-refractivity contribution in [3.05, 3.63) is 0 Å². The summed E-state index contributed by atoms with van der Waals surface area (Å²) in [6.45, 7) is 9.27. The summed E-state index contributed by atoms with van der Waals surface area (Å²) in [5, 5.41) is 10.7. The van der Waals surface area contributed by atoms with E-state index >= 15 is 0 Å². The van der Waals surface area contributed by atoms with Crippen molar-refractivity contribution in [1.82, 2.24) is 0 Å². The number of carboxylic acid groups (broad SMARTS) is 1. The first kappa shape index (κ1) is 53.5. The summed E-state index contributed by atoms with van der Waals surface area (Å²) < 4.78 is 0. The Morgan fingerprint density at radius 3 is 0.704 bits per heavy atom. The van der Waals surface area contributed by atoms with Gasteiger partial charge in [0, 0.05) is 0 Å². The molecule has 0 aromatic heterocycles. The van der Waals surface area contributed by atoms with Gasteiger partial charge in [-0.1, -0.05) is 297 Å². The van der Waals surface area contributed by atoms with Gasteiger partial charge in [-0.15, -0.1) is 0 Å². The molecule has 0 rings (SSSR count). The van der Waals surface area contributed by atoms with Crippen LogP contribution in [0, 0.1) is 11.3 Å². The maximum absolute atomic E-state index is 12.9. The summed E-state index contributed by atoms with van der Waals surface area (Å²) in [5.41, 5.74) is -0.470. The number of hydrogen-bond donors (Lipinski definition) is 1. The molecule has 0 aliphatic rings.